The molecule has 2 nitrogen and oxygen atoms in total. The summed E-state index contributed by atoms with van der Waals surface area (Å²) in [5.74, 6) is 0. The maximum Gasteiger partial charge on any atom is 0.146 e. The Morgan fingerprint density at radius 2 is 2.29 bits per heavy atom. The van der Waals surface area contributed by atoms with Crippen molar-refractivity contribution < 1.29 is 9.47 Å². The van der Waals surface area contributed by atoms with Crippen molar-refractivity contribution in [3.8, 4) is 0 Å². The van der Waals surface area contributed by atoms with Crippen molar-refractivity contribution in [3.05, 3.63) is 6.92 Å². The summed E-state index contributed by atoms with van der Waals surface area (Å²) >= 11 is 0. The zero-order valence-electron chi connectivity index (χ0n) is 4.64. The predicted molar refractivity (Wildman–Crippen MR) is 27.8 cm³/mol. The molecule has 7 heavy (non-hydrogen) atoms. The van der Waals surface area contributed by atoms with Gasteiger partial charge in [0.05, 0.1) is 0 Å². The summed E-state index contributed by atoms with van der Waals surface area (Å²) in [6, 6.07) is 0. The Bertz CT molecular complexity index is 25.3. The van der Waals surface area contributed by atoms with Crippen LogP contribution in [0.25, 0.3) is 0 Å². The van der Waals surface area contributed by atoms with Crippen LogP contribution in [0.2, 0.25) is 0 Å². The van der Waals surface area contributed by atoms with E-state index in [1.54, 1.807) is 7.11 Å². The van der Waals surface area contributed by atoms with E-state index in [1.165, 1.54) is 0 Å². The van der Waals surface area contributed by atoms with Gasteiger partial charge in [0, 0.05) is 13.7 Å². The summed E-state index contributed by atoms with van der Waals surface area (Å²) in [6.07, 6.45) is 0.809. The van der Waals surface area contributed by atoms with Gasteiger partial charge in [-0.15, -0.1) is 0 Å². The number of hydrogen-bond acceptors (Lipinski definition) is 2. The Kier molecular flexibility index (Phi) is 5.85. The van der Waals surface area contributed by atoms with E-state index >= 15 is 0 Å². The summed E-state index contributed by atoms with van der Waals surface area (Å²) in [6.45, 7) is 4.65. The van der Waals surface area contributed by atoms with E-state index < -0.39 is 0 Å². The molecule has 0 aliphatic rings. The molecule has 1 radical (unpaired) electrons. The highest BCUT2D eigenvalue weighted by Crippen LogP contribution is 1.77. The SMILES string of the molecule is [CH2]CCOCOC. The summed E-state index contributed by atoms with van der Waals surface area (Å²) in [7, 11) is 1.60. The molecule has 0 unspecified atom stereocenters. The van der Waals surface area contributed by atoms with Crippen LogP contribution in [0.15, 0.2) is 0 Å². The zero-order chi connectivity index (χ0) is 5.54. The number of hydrogen-bond donors (Lipinski definition) is 0. The van der Waals surface area contributed by atoms with Gasteiger partial charge in [0.1, 0.15) is 6.79 Å². The predicted octanol–water partition coefficient (Wildman–Crippen LogP) is 0.831. The van der Waals surface area contributed by atoms with Gasteiger partial charge in [-0.05, 0) is 6.42 Å². The first-order valence-corrected chi connectivity index (χ1v) is 2.27. The van der Waals surface area contributed by atoms with E-state index in [0.717, 1.165) is 6.42 Å². The van der Waals surface area contributed by atoms with E-state index in [0.29, 0.717) is 13.4 Å². The number of rotatable bonds is 4. The fourth-order valence-corrected chi connectivity index (χ4v) is 0.244. The largest absolute Gasteiger partial charge is 0.359 e. The van der Waals surface area contributed by atoms with Crippen molar-refractivity contribution in [2.75, 3.05) is 20.5 Å². The maximum atomic E-state index is 4.85. The smallest absolute Gasteiger partial charge is 0.146 e. The van der Waals surface area contributed by atoms with Gasteiger partial charge in [-0.2, -0.15) is 0 Å². The van der Waals surface area contributed by atoms with E-state index in [2.05, 4.69) is 11.7 Å². The highest BCUT2D eigenvalue weighted by molar-refractivity contribution is 4.32. The van der Waals surface area contributed by atoms with Crippen LogP contribution in [0.1, 0.15) is 6.42 Å². The Hall–Kier alpha value is -0.0800. The Balaban J connectivity index is 2.45. The Morgan fingerprint density at radius 3 is 2.71 bits per heavy atom. The monoisotopic (exact) mass is 103 g/mol. The van der Waals surface area contributed by atoms with Gasteiger partial charge in [-0.3, -0.25) is 0 Å². The first-order valence-electron chi connectivity index (χ1n) is 2.27. The molecule has 0 saturated carbocycles. The minimum atomic E-state index is 0.384. The lowest BCUT2D eigenvalue weighted by molar-refractivity contribution is -0.0287. The molecule has 0 N–H and O–H groups in total. The minimum Gasteiger partial charge on any atom is -0.359 e. The minimum absolute atomic E-state index is 0.384. The molecule has 0 rings (SSSR count). The summed E-state index contributed by atoms with van der Waals surface area (Å²) in [5.41, 5.74) is 0. The lowest BCUT2D eigenvalue weighted by Crippen LogP contribution is -1.96. The molecule has 0 aromatic rings. The van der Waals surface area contributed by atoms with Gasteiger partial charge in [-0.1, -0.05) is 6.92 Å². The zero-order valence-corrected chi connectivity index (χ0v) is 4.64. The molecule has 43 valence electrons. The maximum absolute atomic E-state index is 4.85. The number of methoxy groups -OCH3 is 1. The average molecular weight is 103 g/mol. The third kappa shape index (κ3) is 5.92. The lowest BCUT2D eigenvalue weighted by atomic mass is 10.5. The highest BCUT2D eigenvalue weighted by atomic mass is 16.7. The highest BCUT2D eigenvalue weighted by Gasteiger charge is 1.77. The van der Waals surface area contributed by atoms with Gasteiger partial charge >= 0.3 is 0 Å². The molecule has 0 atom stereocenters. The molecule has 0 aromatic heterocycles. The van der Waals surface area contributed by atoms with Crippen molar-refractivity contribution in [1.29, 1.82) is 0 Å². The topological polar surface area (TPSA) is 18.5 Å². The molecule has 0 saturated heterocycles. The van der Waals surface area contributed by atoms with Crippen LogP contribution in [0.3, 0.4) is 0 Å². The van der Waals surface area contributed by atoms with E-state index in [-0.39, 0.29) is 0 Å². The van der Waals surface area contributed by atoms with Crippen LogP contribution < -0.4 is 0 Å². The number of ether oxygens (including phenoxy) is 2. The molecule has 0 aliphatic heterocycles. The molecule has 0 heterocycles. The van der Waals surface area contributed by atoms with Gasteiger partial charge in [0.2, 0.25) is 0 Å². The molecule has 0 fully saturated rings. The summed E-state index contributed by atoms with van der Waals surface area (Å²) in [4.78, 5) is 0. The van der Waals surface area contributed by atoms with Crippen molar-refractivity contribution >= 4 is 0 Å². The third-order valence-electron chi connectivity index (χ3n) is 0.490. The fraction of sp³-hybridized carbons (Fsp3) is 0.800. The van der Waals surface area contributed by atoms with E-state index in [9.17, 15) is 0 Å². The van der Waals surface area contributed by atoms with Crippen molar-refractivity contribution in [2.24, 2.45) is 0 Å². The molecule has 0 aliphatic carbocycles. The Morgan fingerprint density at radius 1 is 1.57 bits per heavy atom. The molecule has 0 bridgehead atoms. The molecular weight excluding hydrogens is 92.1 g/mol. The van der Waals surface area contributed by atoms with Gasteiger partial charge in [0.15, 0.2) is 0 Å². The molecule has 2 heteroatoms. The van der Waals surface area contributed by atoms with Gasteiger partial charge in [-0.25, -0.2) is 0 Å². The van der Waals surface area contributed by atoms with Crippen LogP contribution in [0, 0.1) is 6.92 Å². The second-order valence-corrected chi connectivity index (χ2v) is 1.17. The van der Waals surface area contributed by atoms with Crippen LogP contribution >= 0.6 is 0 Å². The second kappa shape index (κ2) is 5.92. The van der Waals surface area contributed by atoms with Crippen LogP contribution in [-0.2, 0) is 9.47 Å². The molecule has 0 amide bonds. The molecule has 0 aromatic carbocycles. The lowest BCUT2D eigenvalue weighted by Gasteiger charge is -1.96. The molecule has 0 spiro atoms. The van der Waals surface area contributed by atoms with Crippen molar-refractivity contribution in [1.82, 2.24) is 0 Å². The van der Waals surface area contributed by atoms with Gasteiger partial charge in [0.25, 0.3) is 0 Å². The fourth-order valence-electron chi connectivity index (χ4n) is 0.244. The summed E-state index contributed by atoms with van der Waals surface area (Å²) < 4.78 is 9.44. The van der Waals surface area contributed by atoms with Gasteiger partial charge < -0.3 is 9.47 Å². The average Bonchev–Trinajstić information content (AvgIpc) is 1.69. The third-order valence-corrected chi connectivity index (χ3v) is 0.490. The van der Waals surface area contributed by atoms with Crippen molar-refractivity contribution in [3.63, 3.8) is 0 Å². The van der Waals surface area contributed by atoms with E-state index in [4.69, 9.17) is 4.74 Å². The van der Waals surface area contributed by atoms with Crippen LogP contribution in [0.4, 0.5) is 0 Å². The first-order chi connectivity index (χ1) is 3.41. The first kappa shape index (κ1) is 6.92. The van der Waals surface area contributed by atoms with Crippen LogP contribution in [0.5, 0.6) is 0 Å². The molecular formula is C5H11O2. The summed E-state index contributed by atoms with van der Waals surface area (Å²) in [5, 5.41) is 0. The normalized spacial score (nSPS) is 9.43. The quantitative estimate of drug-likeness (QED) is 0.387. The van der Waals surface area contributed by atoms with Crippen LogP contribution in [-0.4, -0.2) is 20.5 Å². The van der Waals surface area contributed by atoms with Crippen molar-refractivity contribution in [2.45, 2.75) is 6.42 Å². The van der Waals surface area contributed by atoms with E-state index in [1.807, 2.05) is 0 Å². The Labute approximate surface area is 44.4 Å². The second-order valence-electron chi connectivity index (χ2n) is 1.17. The standard InChI is InChI=1S/C5H11O2/c1-3-4-7-5-6-2/h1,3-5H2,2H3.